The van der Waals surface area contributed by atoms with Crippen molar-refractivity contribution in [1.29, 1.82) is 0 Å². The first-order chi connectivity index (χ1) is 7.88. The largest absolute Gasteiger partial charge is 0.388 e. The highest BCUT2D eigenvalue weighted by Gasteiger charge is 2.24. The van der Waals surface area contributed by atoms with Crippen LogP contribution in [0.25, 0.3) is 0 Å². The third-order valence-corrected chi connectivity index (χ3v) is 3.44. The lowest BCUT2D eigenvalue weighted by molar-refractivity contribution is 0.270. The van der Waals surface area contributed by atoms with Gasteiger partial charge in [-0.1, -0.05) is 0 Å². The fraction of sp³-hybridized carbons (Fsp3) is 0.400. The number of aliphatic hydroxyl groups excluding tert-OH is 1. The Morgan fingerprint density at radius 3 is 3.31 bits per heavy atom. The minimum Gasteiger partial charge on any atom is -0.388 e. The third-order valence-electron chi connectivity index (χ3n) is 2.74. The molecule has 3 heterocycles. The zero-order chi connectivity index (χ0) is 11.0. The number of hydrogen-bond acceptors (Lipinski definition) is 5. The Kier molecular flexibility index (Phi) is 2.37. The van der Waals surface area contributed by atoms with E-state index in [4.69, 9.17) is 5.11 Å². The van der Waals surface area contributed by atoms with Crippen LogP contribution >= 0.6 is 11.3 Å². The fourth-order valence-corrected chi connectivity index (χ4v) is 2.69. The summed E-state index contributed by atoms with van der Waals surface area (Å²) < 4.78 is 1.87. The monoisotopic (exact) mass is 236 g/mol. The molecule has 2 aromatic heterocycles. The molecule has 1 aliphatic heterocycles. The van der Waals surface area contributed by atoms with Crippen LogP contribution in [0.5, 0.6) is 0 Å². The van der Waals surface area contributed by atoms with Gasteiger partial charge in [-0.05, 0) is 28.8 Å². The number of rotatable bonds is 2. The summed E-state index contributed by atoms with van der Waals surface area (Å²) in [6.45, 7) is 0.780. The van der Waals surface area contributed by atoms with Crippen molar-refractivity contribution in [3.05, 3.63) is 28.2 Å². The van der Waals surface area contributed by atoms with E-state index in [0.717, 1.165) is 18.9 Å². The van der Waals surface area contributed by atoms with Gasteiger partial charge in [-0.15, -0.1) is 0 Å². The quantitative estimate of drug-likeness (QED) is 0.823. The van der Waals surface area contributed by atoms with E-state index in [1.54, 1.807) is 11.3 Å². The average molecular weight is 236 g/mol. The maximum absolute atomic E-state index is 9.04. The van der Waals surface area contributed by atoms with Gasteiger partial charge >= 0.3 is 0 Å². The highest BCUT2D eigenvalue weighted by molar-refractivity contribution is 7.07. The SMILES string of the molecule is OCc1nc2n(n1)C(c1ccsc1)CCN2. The van der Waals surface area contributed by atoms with E-state index < -0.39 is 0 Å². The predicted octanol–water partition coefficient (Wildman–Crippen LogP) is 1.24. The van der Waals surface area contributed by atoms with Gasteiger partial charge in [0.25, 0.3) is 0 Å². The van der Waals surface area contributed by atoms with Crippen LogP contribution < -0.4 is 5.32 Å². The van der Waals surface area contributed by atoms with Crippen LogP contribution in [-0.2, 0) is 6.61 Å². The Morgan fingerprint density at radius 2 is 2.56 bits per heavy atom. The molecule has 0 saturated heterocycles. The number of hydrogen-bond donors (Lipinski definition) is 2. The summed E-state index contributed by atoms with van der Waals surface area (Å²) in [6.07, 6.45) is 0.998. The van der Waals surface area contributed by atoms with Crippen molar-refractivity contribution in [2.24, 2.45) is 0 Å². The zero-order valence-electron chi connectivity index (χ0n) is 8.63. The minimum atomic E-state index is -0.113. The Hall–Kier alpha value is -1.40. The van der Waals surface area contributed by atoms with Gasteiger partial charge in [-0.25, -0.2) is 4.68 Å². The van der Waals surface area contributed by atoms with E-state index in [2.05, 4.69) is 32.2 Å². The number of anilines is 1. The first kappa shape index (κ1) is 9.80. The second kappa shape index (κ2) is 3.88. The van der Waals surface area contributed by atoms with Crippen LogP contribution in [-0.4, -0.2) is 26.4 Å². The van der Waals surface area contributed by atoms with Crippen molar-refractivity contribution in [2.75, 3.05) is 11.9 Å². The van der Waals surface area contributed by atoms with Crippen LogP contribution in [0.1, 0.15) is 23.9 Å². The zero-order valence-corrected chi connectivity index (χ0v) is 9.44. The van der Waals surface area contributed by atoms with Crippen molar-refractivity contribution in [2.45, 2.75) is 19.1 Å². The molecule has 0 amide bonds. The van der Waals surface area contributed by atoms with Crippen molar-refractivity contribution in [3.8, 4) is 0 Å². The Morgan fingerprint density at radius 1 is 1.62 bits per heavy atom. The van der Waals surface area contributed by atoms with Crippen molar-refractivity contribution in [1.82, 2.24) is 14.8 Å². The van der Waals surface area contributed by atoms with Crippen LogP contribution in [0.4, 0.5) is 5.95 Å². The van der Waals surface area contributed by atoms with Gasteiger partial charge in [0, 0.05) is 6.54 Å². The second-order valence-corrected chi connectivity index (χ2v) is 4.52. The average Bonchev–Trinajstić information content (AvgIpc) is 2.97. The number of thiophene rings is 1. The number of nitrogens with one attached hydrogen (secondary N) is 1. The summed E-state index contributed by atoms with van der Waals surface area (Å²) in [5.41, 5.74) is 1.27. The molecule has 2 N–H and O–H groups in total. The normalized spacial score (nSPS) is 19.2. The van der Waals surface area contributed by atoms with Crippen molar-refractivity contribution >= 4 is 17.3 Å². The molecule has 0 radical (unpaired) electrons. The molecule has 1 atom stereocenters. The van der Waals surface area contributed by atoms with E-state index in [1.165, 1.54) is 5.56 Å². The molecule has 0 aliphatic carbocycles. The molecule has 5 nitrogen and oxygen atoms in total. The summed E-state index contributed by atoms with van der Waals surface area (Å²) in [7, 11) is 0. The summed E-state index contributed by atoms with van der Waals surface area (Å²) in [6, 6.07) is 2.36. The van der Waals surface area contributed by atoms with Crippen molar-refractivity contribution < 1.29 is 5.11 Å². The van der Waals surface area contributed by atoms with Crippen molar-refractivity contribution in [3.63, 3.8) is 0 Å². The van der Waals surface area contributed by atoms with Gasteiger partial charge in [0.05, 0.1) is 6.04 Å². The number of fused-ring (bicyclic) bond motifs is 1. The Balaban J connectivity index is 2.02. The lowest BCUT2D eigenvalue weighted by Gasteiger charge is -2.23. The van der Waals surface area contributed by atoms with Gasteiger partial charge in [0.1, 0.15) is 6.61 Å². The molecule has 0 aromatic carbocycles. The number of aliphatic hydroxyl groups is 1. The first-order valence-electron chi connectivity index (χ1n) is 5.20. The lowest BCUT2D eigenvalue weighted by Crippen LogP contribution is -2.24. The molecular weight excluding hydrogens is 224 g/mol. The highest BCUT2D eigenvalue weighted by atomic mass is 32.1. The van der Waals surface area contributed by atoms with Gasteiger partial charge in [-0.2, -0.15) is 21.4 Å². The molecule has 84 valence electrons. The highest BCUT2D eigenvalue weighted by Crippen LogP contribution is 2.29. The van der Waals surface area contributed by atoms with E-state index in [9.17, 15) is 0 Å². The van der Waals surface area contributed by atoms with E-state index in [0.29, 0.717) is 5.82 Å². The molecule has 0 fully saturated rings. The van der Waals surface area contributed by atoms with E-state index >= 15 is 0 Å². The number of aromatic nitrogens is 3. The second-order valence-electron chi connectivity index (χ2n) is 3.74. The molecule has 16 heavy (non-hydrogen) atoms. The molecule has 1 aliphatic rings. The Labute approximate surface area is 96.8 Å². The molecular formula is C10H12N4OS. The predicted molar refractivity (Wildman–Crippen MR) is 61.5 cm³/mol. The molecule has 2 aromatic rings. The van der Waals surface area contributed by atoms with Gasteiger partial charge in [-0.3, -0.25) is 0 Å². The van der Waals surface area contributed by atoms with Crippen LogP contribution in [0.2, 0.25) is 0 Å². The number of nitrogens with zero attached hydrogens (tertiary/aromatic N) is 3. The standard InChI is InChI=1S/C10H12N4OS/c15-5-9-12-10-11-3-1-8(14(10)13-9)7-2-4-16-6-7/h2,4,6,8,15H,1,3,5H2,(H,11,12,13). The molecule has 0 bridgehead atoms. The summed E-state index contributed by atoms with van der Waals surface area (Å²) >= 11 is 1.69. The van der Waals surface area contributed by atoms with E-state index in [-0.39, 0.29) is 12.6 Å². The molecule has 0 spiro atoms. The molecule has 3 rings (SSSR count). The lowest BCUT2D eigenvalue weighted by atomic mass is 10.1. The van der Waals surface area contributed by atoms with Gasteiger partial charge < -0.3 is 10.4 Å². The summed E-state index contributed by atoms with van der Waals surface area (Å²) in [4.78, 5) is 4.22. The Bertz CT molecular complexity index is 479. The molecule has 6 heteroatoms. The van der Waals surface area contributed by atoms with Crippen LogP contribution in [0.15, 0.2) is 16.8 Å². The third kappa shape index (κ3) is 1.50. The van der Waals surface area contributed by atoms with Gasteiger partial charge in [0.2, 0.25) is 5.95 Å². The first-order valence-corrected chi connectivity index (χ1v) is 6.15. The fourth-order valence-electron chi connectivity index (χ4n) is 1.99. The molecule has 1 unspecified atom stereocenters. The van der Waals surface area contributed by atoms with Crippen LogP contribution in [0, 0.1) is 0 Å². The molecule has 0 saturated carbocycles. The summed E-state index contributed by atoms with van der Waals surface area (Å²) in [5, 5.41) is 20.7. The maximum Gasteiger partial charge on any atom is 0.222 e. The van der Waals surface area contributed by atoms with Crippen LogP contribution in [0.3, 0.4) is 0 Å². The smallest absolute Gasteiger partial charge is 0.222 e. The van der Waals surface area contributed by atoms with Gasteiger partial charge in [0.15, 0.2) is 5.82 Å². The minimum absolute atomic E-state index is 0.113. The summed E-state index contributed by atoms with van der Waals surface area (Å²) in [5.74, 6) is 1.23. The topological polar surface area (TPSA) is 63.0 Å². The maximum atomic E-state index is 9.04. The van der Waals surface area contributed by atoms with E-state index in [1.807, 2.05) is 4.68 Å².